The summed E-state index contributed by atoms with van der Waals surface area (Å²) in [5.41, 5.74) is -0.0294. The summed E-state index contributed by atoms with van der Waals surface area (Å²) in [6, 6.07) is 0. The monoisotopic (exact) mass is 255 g/mol. The van der Waals surface area contributed by atoms with Gasteiger partial charge in [-0.15, -0.1) is 0 Å². The second-order valence-corrected chi connectivity index (χ2v) is 5.79. The van der Waals surface area contributed by atoms with Gasteiger partial charge in [-0.2, -0.15) is 0 Å². The Hall–Kier alpha value is -0.610. The molecule has 0 saturated carbocycles. The minimum atomic E-state index is -0.0294. The molecule has 0 aromatic heterocycles. The summed E-state index contributed by atoms with van der Waals surface area (Å²) in [5, 5.41) is 3.21. The molecule has 106 valence electrons. The first kappa shape index (κ1) is 15.4. The Kier molecular flexibility index (Phi) is 6.09. The Balaban J connectivity index is 2.36. The maximum Gasteiger partial charge on any atom is 0.234 e. The zero-order chi connectivity index (χ0) is 13.6. The van der Waals surface area contributed by atoms with E-state index in [1.165, 1.54) is 0 Å². The third kappa shape index (κ3) is 4.94. The van der Waals surface area contributed by atoms with E-state index in [0.29, 0.717) is 6.54 Å². The number of piperazine rings is 1. The molecule has 1 atom stereocenters. The number of nitrogens with zero attached hydrogens (tertiary/aromatic N) is 2. The summed E-state index contributed by atoms with van der Waals surface area (Å²) < 4.78 is 0. The molecule has 0 aromatic carbocycles. The molecule has 0 aromatic rings. The third-order valence-corrected chi connectivity index (χ3v) is 3.99. The van der Waals surface area contributed by atoms with Crippen LogP contribution in [0.3, 0.4) is 0 Å². The van der Waals surface area contributed by atoms with Crippen LogP contribution < -0.4 is 5.32 Å². The number of nitrogens with one attached hydrogen (secondary N) is 1. The fraction of sp³-hybridized carbons (Fsp3) is 0.929. The van der Waals surface area contributed by atoms with E-state index >= 15 is 0 Å². The molecule has 1 amide bonds. The van der Waals surface area contributed by atoms with Crippen molar-refractivity contribution in [3.8, 4) is 0 Å². The lowest BCUT2D eigenvalue weighted by Gasteiger charge is -2.34. The van der Waals surface area contributed by atoms with Gasteiger partial charge in [0.1, 0.15) is 0 Å². The SMILES string of the molecule is CCCC(C)(CC)NC(=O)CN1CCN(C)CC1. The molecule has 0 aliphatic carbocycles. The Morgan fingerprint density at radius 2 is 1.83 bits per heavy atom. The van der Waals surface area contributed by atoms with Gasteiger partial charge in [-0.3, -0.25) is 9.69 Å². The van der Waals surface area contributed by atoms with Gasteiger partial charge < -0.3 is 10.2 Å². The predicted molar refractivity (Wildman–Crippen MR) is 75.7 cm³/mol. The van der Waals surface area contributed by atoms with E-state index in [1.807, 2.05) is 0 Å². The van der Waals surface area contributed by atoms with Crippen molar-refractivity contribution < 1.29 is 4.79 Å². The van der Waals surface area contributed by atoms with Gasteiger partial charge in [0.2, 0.25) is 5.91 Å². The van der Waals surface area contributed by atoms with E-state index < -0.39 is 0 Å². The van der Waals surface area contributed by atoms with Crippen LogP contribution in [0.4, 0.5) is 0 Å². The van der Waals surface area contributed by atoms with Crippen LogP contribution in [-0.2, 0) is 4.79 Å². The van der Waals surface area contributed by atoms with Gasteiger partial charge in [-0.05, 0) is 26.8 Å². The second-order valence-electron chi connectivity index (χ2n) is 5.79. The smallest absolute Gasteiger partial charge is 0.234 e. The van der Waals surface area contributed by atoms with Gasteiger partial charge in [0.15, 0.2) is 0 Å². The maximum atomic E-state index is 12.1. The number of amides is 1. The molecule has 0 radical (unpaired) electrons. The van der Waals surface area contributed by atoms with E-state index in [-0.39, 0.29) is 11.4 Å². The highest BCUT2D eigenvalue weighted by molar-refractivity contribution is 5.78. The Morgan fingerprint density at radius 3 is 2.33 bits per heavy atom. The van der Waals surface area contributed by atoms with E-state index in [0.717, 1.165) is 45.4 Å². The number of hydrogen-bond acceptors (Lipinski definition) is 3. The number of hydrogen-bond donors (Lipinski definition) is 1. The molecule has 1 N–H and O–H groups in total. The lowest BCUT2D eigenvalue weighted by molar-refractivity contribution is -0.124. The zero-order valence-corrected chi connectivity index (χ0v) is 12.5. The summed E-state index contributed by atoms with van der Waals surface area (Å²) in [7, 11) is 2.13. The van der Waals surface area contributed by atoms with Crippen LogP contribution in [-0.4, -0.2) is 61.0 Å². The van der Waals surface area contributed by atoms with Crippen LogP contribution in [0.15, 0.2) is 0 Å². The molecule has 1 aliphatic rings. The summed E-state index contributed by atoms with van der Waals surface area (Å²) in [4.78, 5) is 16.6. The molecule has 1 aliphatic heterocycles. The average molecular weight is 255 g/mol. The van der Waals surface area contributed by atoms with Crippen LogP contribution in [0.25, 0.3) is 0 Å². The molecule has 1 unspecified atom stereocenters. The molecule has 4 heteroatoms. The van der Waals surface area contributed by atoms with Crippen LogP contribution in [0.1, 0.15) is 40.0 Å². The van der Waals surface area contributed by atoms with E-state index in [9.17, 15) is 4.79 Å². The van der Waals surface area contributed by atoms with Gasteiger partial charge in [-0.1, -0.05) is 20.3 Å². The molecule has 0 bridgehead atoms. The molecule has 1 rings (SSSR count). The van der Waals surface area contributed by atoms with Crippen LogP contribution >= 0.6 is 0 Å². The number of carbonyl (C=O) groups excluding carboxylic acids is 1. The van der Waals surface area contributed by atoms with Gasteiger partial charge in [-0.25, -0.2) is 0 Å². The summed E-state index contributed by atoms with van der Waals surface area (Å²) in [6.07, 6.45) is 3.16. The fourth-order valence-electron chi connectivity index (χ4n) is 2.46. The molecule has 1 saturated heterocycles. The number of carbonyl (C=O) groups is 1. The van der Waals surface area contributed by atoms with Crippen molar-refractivity contribution in [3.63, 3.8) is 0 Å². The molecular formula is C14H29N3O. The molecule has 1 fully saturated rings. The first-order chi connectivity index (χ1) is 8.49. The molecule has 0 spiro atoms. The first-order valence-electron chi connectivity index (χ1n) is 7.21. The topological polar surface area (TPSA) is 35.6 Å². The summed E-state index contributed by atoms with van der Waals surface area (Å²) in [6.45, 7) is 11.1. The van der Waals surface area contributed by atoms with Crippen molar-refractivity contribution in [2.75, 3.05) is 39.8 Å². The Bertz CT molecular complexity index is 262. The van der Waals surface area contributed by atoms with Crippen LogP contribution in [0.2, 0.25) is 0 Å². The summed E-state index contributed by atoms with van der Waals surface area (Å²) in [5.74, 6) is 0.178. The minimum Gasteiger partial charge on any atom is -0.350 e. The van der Waals surface area contributed by atoms with Crippen LogP contribution in [0.5, 0.6) is 0 Å². The van der Waals surface area contributed by atoms with Crippen LogP contribution in [0, 0.1) is 0 Å². The maximum absolute atomic E-state index is 12.1. The Labute approximate surface area is 112 Å². The first-order valence-corrected chi connectivity index (χ1v) is 7.21. The minimum absolute atomic E-state index is 0.0294. The fourth-order valence-corrected chi connectivity index (χ4v) is 2.46. The van der Waals surface area contributed by atoms with Crippen molar-refractivity contribution in [1.29, 1.82) is 0 Å². The highest BCUT2D eigenvalue weighted by Gasteiger charge is 2.24. The van der Waals surface area contributed by atoms with Crippen molar-refractivity contribution in [2.24, 2.45) is 0 Å². The zero-order valence-electron chi connectivity index (χ0n) is 12.5. The number of likely N-dealkylation sites (N-methyl/N-ethyl adjacent to an activating group) is 1. The number of rotatable bonds is 6. The van der Waals surface area contributed by atoms with Crippen molar-refractivity contribution in [3.05, 3.63) is 0 Å². The van der Waals surface area contributed by atoms with Crippen molar-refractivity contribution >= 4 is 5.91 Å². The third-order valence-electron chi connectivity index (χ3n) is 3.99. The largest absolute Gasteiger partial charge is 0.350 e. The summed E-state index contributed by atoms with van der Waals surface area (Å²) >= 11 is 0. The van der Waals surface area contributed by atoms with Crippen molar-refractivity contribution in [1.82, 2.24) is 15.1 Å². The normalized spacial score (nSPS) is 21.6. The highest BCUT2D eigenvalue weighted by atomic mass is 16.2. The average Bonchev–Trinajstić information content (AvgIpc) is 2.32. The molecular weight excluding hydrogens is 226 g/mol. The van der Waals surface area contributed by atoms with E-state index in [2.05, 4.69) is 42.9 Å². The Morgan fingerprint density at radius 1 is 1.22 bits per heavy atom. The molecule has 4 nitrogen and oxygen atoms in total. The van der Waals surface area contributed by atoms with Gasteiger partial charge in [0.05, 0.1) is 6.54 Å². The van der Waals surface area contributed by atoms with Gasteiger partial charge in [0.25, 0.3) is 0 Å². The lowest BCUT2D eigenvalue weighted by atomic mass is 9.93. The second kappa shape index (κ2) is 7.10. The standard InChI is InChI=1S/C14H29N3O/c1-5-7-14(3,6-2)15-13(18)12-17-10-8-16(4)9-11-17/h5-12H2,1-4H3,(H,15,18). The molecule has 18 heavy (non-hydrogen) atoms. The van der Waals surface area contributed by atoms with Crippen molar-refractivity contribution in [2.45, 2.75) is 45.6 Å². The molecule has 1 heterocycles. The van der Waals surface area contributed by atoms with E-state index in [4.69, 9.17) is 0 Å². The quantitative estimate of drug-likeness (QED) is 0.777. The van der Waals surface area contributed by atoms with Gasteiger partial charge in [0, 0.05) is 31.7 Å². The van der Waals surface area contributed by atoms with E-state index in [1.54, 1.807) is 0 Å². The van der Waals surface area contributed by atoms with Gasteiger partial charge >= 0.3 is 0 Å². The highest BCUT2D eigenvalue weighted by Crippen LogP contribution is 2.16. The lowest BCUT2D eigenvalue weighted by Crippen LogP contribution is -2.52. The predicted octanol–water partition coefficient (Wildman–Crippen LogP) is 1.32.